The van der Waals surface area contributed by atoms with Crippen LogP contribution in [0, 0.1) is 0 Å². The van der Waals surface area contributed by atoms with E-state index in [1.54, 1.807) is 0 Å². The Morgan fingerprint density at radius 3 is 1.45 bits per heavy atom. The first-order chi connectivity index (χ1) is 15.2. The second kappa shape index (κ2) is 7.29. The molecule has 0 radical (unpaired) electrons. The average molecular weight is 465 g/mol. The molecule has 0 fully saturated rings. The van der Waals surface area contributed by atoms with E-state index < -0.39 is 0 Å². The van der Waals surface area contributed by atoms with E-state index in [0.29, 0.717) is 0 Å². The summed E-state index contributed by atoms with van der Waals surface area (Å²) in [5, 5.41) is 2.19. The van der Waals surface area contributed by atoms with Crippen molar-refractivity contribution >= 4 is 37.9 Å². The predicted octanol–water partition coefficient (Wildman–Crippen LogP) is 8.94. The van der Waals surface area contributed by atoms with Crippen LogP contribution in [-0.4, -0.2) is 0 Å². The maximum Gasteiger partial charge on any atom is 0.135 e. The van der Waals surface area contributed by atoms with E-state index in [1.807, 2.05) is 36.4 Å². The van der Waals surface area contributed by atoms with Gasteiger partial charge < -0.3 is 8.83 Å². The van der Waals surface area contributed by atoms with Gasteiger partial charge in [-0.15, -0.1) is 0 Å². The molecule has 0 bridgehead atoms. The zero-order valence-corrected chi connectivity index (χ0v) is 18.1. The van der Waals surface area contributed by atoms with Crippen LogP contribution in [0.3, 0.4) is 0 Å². The molecule has 0 saturated heterocycles. The molecule has 0 aliphatic heterocycles. The molecule has 0 amide bonds. The summed E-state index contributed by atoms with van der Waals surface area (Å²) < 4.78 is 13.4. The Morgan fingerprint density at radius 2 is 0.935 bits per heavy atom. The van der Waals surface area contributed by atoms with Crippen molar-refractivity contribution < 1.29 is 8.83 Å². The van der Waals surface area contributed by atoms with E-state index in [1.165, 1.54) is 0 Å². The van der Waals surface area contributed by atoms with Crippen molar-refractivity contribution in [3.8, 4) is 33.8 Å². The molecule has 2 nitrogen and oxygen atoms in total. The fourth-order valence-corrected chi connectivity index (χ4v) is 4.23. The van der Waals surface area contributed by atoms with Gasteiger partial charge in [0.15, 0.2) is 0 Å². The molecule has 0 atom stereocenters. The minimum atomic E-state index is 0.845. The zero-order valence-electron chi connectivity index (χ0n) is 16.5. The SMILES string of the molecule is Brc1ccc(-c2cc(-c3cc4ccccc4o3)cc(-c3cc4ccccc4o3)c2)cc1. The molecule has 0 N–H and O–H groups in total. The summed E-state index contributed by atoms with van der Waals surface area (Å²) in [6, 6.07) is 35.2. The van der Waals surface area contributed by atoms with Crippen LogP contribution >= 0.6 is 15.9 Å². The Labute approximate surface area is 187 Å². The molecule has 0 saturated carbocycles. The fraction of sp³-hybridized carbons (Fsp3) is 0. The van der Waals surface area contributed by atoms with Crippen LogP contribution in [-0.2, 0) is 0 Å². The van der Waals surface area contributed by atoms with Gasteiger partial charge in [0.2, 0.25) is 0 Å². The summed E-state index contributed by atoms with van der Waals surface area (Å²) in [4.78, 5) is 0. The lowest BCUT2D eigenvalue weighted by molar-refractivity contribution is 0.629. The van der Waals surface area contributed by atoms with E-state index in [0.717, 1.165) is 60.2 Å². The lowest BCUT2D eigenvalue weighted by Gasteiger charge is -2.08. The molecule has 4 aromatic carbocycles. The summed E-state index contributed by atoms with van der Waals surface area (Å²) >= 11 is 3.53. The Kier molecular flexibility index (Phi) is 4.29. The summed E-state index contributed by atoms with van der Waals surface area (Å²) in [6.45, 7) is 0. The summed E-state index contributed by atoms with van der Waals surface area (Å²) in [6.07, 6.45) is 0. The van der Waals surface area contributed by atoms with Crippen molar-refractivity contribution in [1.82, 2.24) is 0 Å². The molecule has 0 spiro atoms. The molecular weight excluding hydrogens is 448 g/mol. The Bertz CT molecular complexity index is 1380. The molecule has 2 aromatic heterocycles. The topological polar surface area (TPSA) is 26.3 Å². The minimum absolute atomic E-state index is 0.845. The van der Waals surface area contributed by atoms with Crippen molar-refractivity contribution in [3.05, 3.63) is 108 Å². The van der Waals surface area contributed by atoms with Crippen molar-refractivity contribution in [2.24, 2.45) is 0 Å². The average Bonchev–Trinajstić information content (AvgIpc) is 3.44. The molecule has 6 aromatic rings. The highest BCUT2D eigenvalue weighted by Gasteiger charge is 2.13. The number of fused-ring (bicyclic) bond motifs is 2. The zero-order chi connectivity index (χ0) is 20.8. The monoisotopic (exact) mass is 464 g/mol. The van der Waals surface area contributed by atoms with E-state index in [4.69, 9.17) is 8.83 Å². The number of benzene rings is 4. The van der Waals surface area contributed by atoms with Gasteiger partial charge in [-0.05, 0) is 65.7 Å². The Morgan fingerprint density at radius 1 is 0.452 bits per heavy atom. The van der Waals surface area contributed by atoms with Gasteiger partial charge in [0.1, 0.15) is 22.7 Å². The van der Waals surface area contributed by atoms with Crippen LogP contribution in [0.25, 0.3) is 55.7 Å². The number of furan rings is 2. The third-order valence-electron chi connectivity index (χ3n) is 5.53. The molecular formula is C28H17BrO2. The second-order valence-corrected chi connectivity index (χ2v) is 8.52. The molecule has 2 heterocycles. The van der Waals surface area contributed by atoms with Crippen molar-refractivity contribution in [2.45, 2.75) is 0 Å². The van der Waals surface area contributed by atoms with Gasteiger partial charge in [0.25, 0.3) is 0 Å². The standard InChI is InChI=1S/C28H17BrO2/c29-24-11-9-18(10-12-24)21-13-22(27-16-19-5-1-3-7-25(19)30-27)15-23(14-21)28-17-20-6-2-4-8-26(20)31-28/h1-17H. The summed E-state index contributed by atoms with van der Waals surface area (Å²) in [7, 11) is 0. The highest BCUT2D eigenvalue weighted by molar-refractivity contribution is 9.10. The lowest BCUT2D eigenvalue weighted by Crippen LogP contribution is -1.84. The number of halogens is 1. The highest BCUT2D eigenvalue weighted by atomic mass is 79.9. The van der Waals surface area contributed by atoms with Crippen LogP contribution < -0.4 is 0 Å². The molecule has 148 valence electrons. The normalized spacial score (nSPS) is 11.4. The molecule has 0 aliphatic carbocycles. The van der Waals surface area contributed by atoms with Gasteiger partial charge in [-0.2, -0.15) is 0 Å². The first kappa shape index (κ1) is 18.2. The van der Waals surface area contributed by atoms with E-state index in [9.17, 15) is 0 Å². The lowest BCUT2D eigenvalue weighted by atomic mass is 9.97. The predicted molar refractivity (Wildman–Crippen MR) is 130 cm³/mol. The van der Waals surface area contributed by atoms with E-state index in [-0.39, 0.29) is 0 Å². The van der Waals surface area contributed by atoms with Gasteiger partial charge >= 0.3 is 0 Å². The maximum atomic E-state index is 6.18. The van der Waals surface area contributed by atoms with Crippen LogP contribution in [0.5, 0.6) is 0 Å². The van der Waals surface area contributed by atoms with Crippen LogP contribution in [0.2, 0.25) is 0 Å². The van der Waals surface area contributed by atoms with Crippen molar-refractivity contribution in [2.75, 3.05) is 0 Å². The Hall–Kier alpha value is -3.56. The number of rotatable bonds is 3. The summed E-state index contributed by atoms with van der Waals surface area (Å²) in [5.74, 6) is 1.69. The number of para-hydroxylation sites is 2. The third kappa shape index (κ3) is 3.37. The van der Waals surface area contributed by atoms with Gasteiger partial charge in [0.05, 0.1) is 0 Å². The minimum Gasteiger partial charge on any atom is -0.456 e. The van der Waals surface area contributed by atoms with Gasteiger partial charge in [-0.3, -0.25) is 0 Å². The molecule has 31 heavy (non-hydrogen) atoms. The number of hydrogen-bond donors (Lipinski definition) is 0. The van der Waals surface area contributed by atoms with Crippen LogP contribution in [0.1, 0.15) is 0 Å². The van der Waals surface area contributed by atoms with Crippen molar-refractivity contribution in [1.29, 1.82) is 0 Å². The maximum absolute atomic E-state index is 6.18. The molecule has 0 aliphatic rings. The van der Waals surface area contributed by atoms with Gasteiger partial charge in [-0.25, -0.2) is 0 Å². The quantitative estimate of drug-likeness (QED) is 0.261. The van der Waals surface area contributed by atoms with Crippen molar-refractivity contribution in [3.63, 3.8) is 0 Å². The fourth-order valence-electron chi connectivity index (χ4n) is 3.97. The first-order valence-electron chi connectivity index (χ1n) is 10.1. The Balaban J connectivity index is 1.57. The van der Waals surface area contributed by atoms with E-state index >= 15 is 0 Å². The van der Waals surface area contributed by atoms with E-state index in [2.05, 4.69) is 82.7 Å². The number of hydrogen-bond acceptors (Lipinski definition) is 2. The van der Waals surface area contributed by atoms with Gasteiger partial charge in [-0.1, -0.05) is 64.5 Å². The largest absolute Gasteiger partial charge is 0.456 e. The first-order valence-corrected chi connectivity index (χ1v) is 10.9. The third-order valence-corrected chi connectivity index (χ3v) is 6.06. The highest BCUT2D eigenvalue weighted by Crippen LogP contribution is 2.37. The second-order valence-electron chi connectivity index (χ2n) is 7.60. The summed E-state index contributed by atoms with van der Waals surface area (Å²) in [5.41, 5.74) is 6.06. The smallest absolute Gasteiger partial charge is 0.135 e. The molecule has 3 heteroatoms. The van der Waals surface area contributed by atoms with Gasteiger partial charge in [0, 0.05) is 26.4 Å². The molecule has 6 rings (SSSR count). The van der Waals surface area contributed by atoms with Crippen LogP contribution in [0.4, 0.5) is 0 Å². The van der Waals surface area contributed by atoms with Crippen LogP contribution in [0.15, 0.2) is 116 Å². The molecule has 0 unspecified atom stereocenters.